The standard InChI is InChI=1S/C19H17ClF4N6O2/c20-13-5-10(19(22,23)24)1-2-14(13)30-18(32)29-12-4-9(3-11(21)6-12)8-28-15(7-25)16(26)17(27)31/h1-7,25,28H,8,26H2,(H2,27,31)(H2,29,30,32). The summed E-state index contributed by atoms with van der Waals surface area (Å²) >= 11 is 5.79. The van der Waals surface area contributed by atoms with Gasteiger partial charge in [0, 0.05) is 18.4 Å². The minimum atomic E-state index is -4.59. The molecule has 2 rings (SSSR count). The zero-order valence-corrected chi connectivity index (χ0v) is 16.9. The van der Waals surface area contributed by atoms with E-state index in [0.29, 0.717) is 11.6 Å². The number of alkyl halides is 3. The molecule has 0 aromatic heterocycles. The SMILES string of the molecule is N=CC(NCc1cc(F)cc(NC(=O)Nc2ccc(C(F)(F)F)cc2Cl)c1)=C(N)C(N)=O. The number of primary amides is 1. The lowest BCUT2D eigenvalue weighted by atomic mass is 10.2. The number of nitrogens with two attached hydrogens (primary N) is 2. The fraction of sp³-hybridized carbons (Fsp3) is 0.105. The van der Waals surface area contributed by atoms with Crippen molar-refractivity contribution < 1.29 is 27.2 Å². The molecule has 0 fully saturated rings. The number of benzene rings is 2. The van der Waals surface area contributed by atoms with Crippen LogP contribution in [0.1, 0.15) is 11.1 Å². The normalized spacial score (nSPS) is 11.9. The van der Waals surface area contributed by atoms with Crippen molar-refractivity contribution in [3.8, 4) is 0 Å². The summed E-state index contributed by atoms with van der Waals surface area (Å²) in [5.74, 6) is -1.66. The molecule has 0 saturated carbocycles. The van der Waals surface area contributed by atoms with E-state index < -0.39 is 29.5 Å². The Labute approximate surface area is 184 Å². The van der Waals surface area contributed by atoms with Gasteiger partial charge in [-0.05, 0) is 42.0 Å². The van der Waals surface area contributed by atoms with Gasteiger partial charge >= 0.3 is 12.2 Å². The maximum absolute atomic E-state index is 13.9. The van der Waals surface area contributed by atoms with E-state index in [4.69, 9.17) is 28.5 Å². The van der Waals surface area contributed by atoms with Crippen LogP contribution in [0.25, 0.3) is 0 Å². The maximum Gasteiger partial charge on any atom is 0.416 e. The van der Waals surface area contributed by atoms with Crippen molar-refractivity contribution in [1.82, 2.24) is 5.32 Å². The van der Waals surface area contributed by atoms with Crippen molar-refractivity contribution in [3.05, 3.63) is 69.8 Å². The Morgan fingerprint density at radius 1 is 1.09 bits per heavy atom. The lowest BCUT2D eigenvalue weighted by Gasteiger charge is -2.13. The first-order valence-corrected chi connectivity index (χ1v) is 9.06. The van der Waals surface area contributed by atoms with Gasteiger partial charge in [0.05, 0.1) is 22.0 Å². The molecule has 2 aromatic carbocycles. The van der Waals surface area contributed by atoms with Crippen molar-refractivity contribution in [2.45, 2.75) is 12.7 Å². The number of urea groups is 1. The average Bonchev–Trinajstić information content (AvgIpc) is 2.68. The Hall–Kier alpha value is -3.80. The van der Waals surface area contributed by atoms with Crippen LogP contribution in [0, 0.1) is 11.2 Å². The Morgan fingerprint density at radius 2 is 1.78 bits per heavy atom. The molecule has 0 atom stereocenters. The molecule has 0 heterocycles. The zero-order chi connectivity index (χ0) is 24.1. The van der Waals surface area contributed by atoms with Gasteiger partial charge in [-0.3, -0.25) is 4.79 Å². The van der Waals surface area contributed by atoms with Crippen LogP contribution >= 0.6 is 11.6 Å². The van der Waals surface area contributed by atoms with Crippen LogP contribution in [0.15, 0.2) is 47.8 Å². The molecule has 0 aliphatic heterocycles. The van der Waals surface area contributed by atoms with Crippen LogP contribution in [0.5, 0.6) is 0 Å². The zero-order valence-electron chi connectivity index (χ0n) is 16.1. The molecule has 0 spiro atoms. The number of amides is 3. The third-order valence-electron chi connectivity index (χ3n) is 3.94. The molecule has 0 aliphatic rings. The number of carbonyl (C=O) groups excluding carboxylic acids is 2. The second-order valence-electron chi connectivity index (χ2n) is 6.31. The van der Waals surface area contributed by atoms with Gasteiger partial charge in [-0.15, -0.1) is 0 Å². The van der Waals surface area contributed by atoms with Gasteiger partial charge in [0.1, 0.15) is 11.5 Å². The molecule has 0 saturated heterocycles. The van der Waals surface area contributed by atoms with Crippen molar-refractivity contribution in [2.24, 2.45) is 11.5 Å². The topological polar surface area (TPSA) is 146 Å². The first-order chi connectivity index (χ1) is 14.9. The molecule has 8 N–H and O–H groups in total. The van der Waals surface area contributed by atoms with Crippen LogP contribution in [-0.4, -0.2) is 18.2 Å². The number of hydrogen-bond acceptors (Lipinski definition) is 5. The minimum absolute atomic E-state index is 0.0191. The van der Waals surface area contributed by atoms with E-state index in [0.717, 1.165) is 30.5 Å². The summed E-state index contributed by atoms with van der Waals surface area (Å²) in [5.41, 5.74) is 9.30. The molecule has 0 unspecified atom stereocenters. The monoisotopic (exact) mass is 472 g/mol. The van der Waals surface area contributed by atoms with Gasteiger partial charge in [-0.25, -0.2) is 9.18 Å². The summed E-state index contributed by atoms with van der Waals surface area (Å²) in [7, 11) is 0. The Morgan fingerprint density at radius 3 is 2.34 bits per heavy atom. The van der Waals surface area contributed by atoms with Crippen molar-refractivity contribution in [1.29, 1.82) is 5.41 Å². The van der Waals surface area contributed by atoms with Crippen LogP contribution < -0.4 is 27.4 Å². The van der Waals surface area contributed by atoms with Crippen LogP contribution in [-0.2, 0) is 17.5 Å². The van der Waals surface area contributed by atoms with E-state index in [9.17, 15) is 27.2 Å². The lowest BCUT2D eigenvalue weighted by Crippen LogP contribution is -2.28. The third kappa shape index (κ3) is 6.60. The molecule has 13 heteroatoms. The van der Waals surface area contributed by atoms with E-state index in [1.807, 2.05) is 0 Å². The summed E-state index contributed by atoms with van der Waals surface area (Å²) < 4.78 is 52.0. The number of carbonyl (C=O) groups is 2. The first-order valence-electron chi connectivity index (χ1n) is 8.69. The van der Waals surface area contributed by atoms with Gasteiger partial charge in [-0.2, -0.15) is 13.2 Å². The predicted octanol–water partition coefficient (Wildman–Crippen LogP) is 3.54. The first kappa shape index (κ1) is 24.5. The largest absolute Gasteiger partial charge is 0.416 e. The summed E-state index contributed by atoms with van der Waals surface area (Å²) in [6, 6.07) is 5.03. The number of halogens is 5. The summed E-state index contributed by atoms with van der Waals surface area (Å²) in [6.07, 6.45) is -3.83. The summed E-state index contributed by atoms with van der Waals surface area (Å²) in [6.45, 7) is -0.0719. The molecule has 32 heavy (non-hydrogen) atoms. The molecule has 0 aliphatic carbocycles. The highest BCUT2D eigenvalue weighted by atomic mass is 35.5. The van der Waals surface area contributed by atoms with E-state index in [-0.39, 0.29) is 34.3 Å². The Bertz CT molecular complexity index is 1090. The van der Waals surface area contributed by atoms with Crippen molar-refractivity contribution >= 4 is 41.1 Å². The molecule has 3 amide bonds. The Balaban J connectivity index is 2.11. The van der Waals surface area contributed by atoms with Gasteiger partial charge in [-0.1, -0.05) is 11.6 Å². The van der Waals surface area contributed by atoms with Crippen LogP contribution in [0.4, 0.5) is 33.7 Å². The number of hydrogen-bond donors (Lipinski definition) is 6. The minimum Gasteiger partial charge on any atom is -0.393 e. The number of allylic oxidation sites excluding steroid dienone is 1. The summed E-state index contributed by atoms with van der Waals surface area (Å²) in [5, 5.41) is 14.2. The third-order valence-corrected chi connectivity index (χ3v) is 4.26. The molecule has 2 aromatic rings. The fourth-order valence-electron chi connectivity index (χ4n) is 2.46. The number of anilines is 2. The smallest absolute Gasteiger partial charge is 0.393 e. The second kappa shape index (κ2) is 10.0. The molecule has 170 valence electrons. The highest BCUT2D eigenvalue weighted by molar-refractivity contribution is 6.33. The second-order valence-corrected chi connectivity index (χ2v) is 6.72. The van der Waals surface area contributed by atoms with Gasteiger partial charge in [0.25, 0.3) is 5.91 Å². The van der Waals surface area contributed by atoms with E-state index in [1.165, 1.54) is 6.07 Å². The molecule has 0 radical (unpaired) electrons. The highest BCUT2D eigenvalue weighted by Gasteiger charge is 2.31. The van der Waals surface area contributed by atoms with E-state index >= 15 is 0 Å². The number of nitrogens with one attached hydrogen (secondary N) is 4. The quantitative estimate of drug-likeness (QED) is 0.208. The van der Waals surface area contributed by atoms with Crippen molar-refractivity contribution in [3.63, 3.8) is 0 Å². The van der Waals surface area contributed by atoms with E-state index in [2.05, 4.69) is 16.0 Å². The van der Waals surface area contributed by atoms with Gasteiger partial charge in [0.2, 0.25) is 0 Å². The average molecular weight is 473 g/mol. The Kier molecular flexibility index (Phi) is 7.65. The van der Waals surface area contributed by atoms with Crippen molar-refractivity contribution in [2.75, 3.05) is 10.6 Å². The lowest BCUT2D eigenvalue weighted by molar-refractivity contribution is -0.137. The molecule has 0 bridgehead atoms. The highest BCUT2D eigenvalue weighted by Crippen LogP contribution is 2.33. The molecular formula is C19H17ClF4N6O2. The van der Waals surface area contributed by atoms with Gasteiger partial charge < -0.3 is 32.8 Å². The van der Waals surface area contributed by atoms with Crippen LogP contribution in [0.2, 0.25) is 5.02 Å². The number of rotatable bonds is 7. The van der Waals surface area contributed by atoms with Gasteiger partial charge in [0.15, 0.2) is 0 Å². The fourth-order valence-corrected chi connectivity index (χ4v) is 2.68. The molecule has 8 nitrogen and oxygen atoms in total. The predicted molar refractivity (Wildman–Crippen MR) is 112 cm³/mol. The summed E-state index contributed by atoms with van der Waals surface area (Å²) in [4.78, 5) is 23.3. The molecular weight excluding hydrogens is 456 g/mol. The van der Waals surface area contributed by atoms with Crippen LogP contribution in [0.3, 0.4) is 0 Å². The maximum atomic E-state index is 13.9. The van der Waals surface area contributed by atoms with E-state index in [1.54, 1.807) is 0 Å².